The summed E-state index contributed by atoms with van der Waals surface area (Å²) in [4.78, 5) is 21.1. The van der Waals surface area contributed by atoms with Crippen LogP contribution < -0.4 is 5.32 Å². The number of anilines is 1. The van der Waals surface area contributed by atoms with Crippen molar-refractivity contribution < 1.29 is 19.9 Å². The molecule has 0 aromatic heterocycles. The zero-order valence-corrected chi connectivity index (χ0v) is 10.7. The van der Waals surface area contributed by atoms with E-state index in [0.29, 0.717) is 13.0 Å². The van der Waals surface area contributed by atoms with Crippen molar-refractivity contribution >= 4 is 17.3 Å². The van der Waals surface area contributed by atoms with Gasteiger partial charge in [-0.2, -0.15) is 0 Å². The highest BCUT2D eigenvalue weighted by Crippen LogP contribution is 2.23. The number of non-ortho nitro benzene ring substituents is 1. The van der Waals surface area contributed by atoms with E-state index in [0.717, 1.165) is 6.07 Å². The summed E-state index contributed by atoms with van der Waals surface area (Å²) in [6.07, 6.45) is 0.384. The van der Waals surface area contributed by atoms with E-state index in [1.807, 2.05) is 0 Å². The van der Waals surface area contributed by atoms with E-state index in [2.05, 4.69) is 5.32 Å². The van der Waals surface area contributed by atoms with Gasteiger partial charge in [-0.05, 0) is 26.3 Å². The van der Waals surface area contributed by atoms with Crippen LogP contribution in [0.1, 0.15) is 30.6 Å². The molecule has 0 heterocycles. The highest BCUT2D eigenvalue weighted by molar-refractivity contribution is 5.94. The lowest BCUT2D eigenvalue weighted by molar-refractivity contribution is -0.384. The number of hydrogen-bond acceptors (Lipinski definition) is 5. The molecule has 0 aliphatic heterocycles. The third kappa shape index (κ3) is 4.55. The highest BCUT2D eigenvalue weighted by atomic mass is 16.6. The molecule has 1 aromatic carbocycles. The van der Waals surface area contributed by atoms with Crippen LogP contribution in [0, 0.1) is 10.1 Å². The summed E-state index contributed by atoms with van der Waals surface area (Å²) in [7, 11) is 0. The molecule has 0 amide bonds. The van der Waals surface area contributed by atoms with Crippen LogP contribution >= 0.6 is 0 Å². The average molecular weight is 268 g/mol. The maximum atomic E-state index is 11.0. The number of aliphatic hydroxyl groups is 1. The minimum Gasteiger partial charge on any atom is -0.478 e. The minimum absolute atomic E-state index is 0.0404. The van der Waals surface area contributed by atoms with Crippen LogP contribution in [0.4, 0.5) is 11.4 Å². The van der Waals surface area contributed by atoms with Gasteiger partial charge in [-0.25, -0.2) is 4.79 Å². The van der Waals surface area contributed by atoms with E-state index in [1.165, 1.54) is 12.1 Å². The van der Waals surface area contributed by atoms with E-state index < -0.39 is 16.5 Å². The Bertz CT molecular complexity index is 493. The summed E-state index contributed by atoms with van der Waals surface area (Å²) in [6, 6.07) is 3.51. The largest absolute Gasteiger partial charge is 0.478 e. The van der Waals surface area contributed by atoms with Gasteiger partial charge in [-0.3, -0.25) is 10.1 Å². The van der Waals surface area contributed by atoms with Crippen molar-refractivity contribution in [2.75, 3.05) is 11.9 Å². The maximum absolute atomic E-state index is 11.0. The molecule has 0 aliphatic rings. The SMILES string of the molecule is CC(C)(O)CCNc1cc([N+](=O)[O-])ccc1C(=O)O. The van der Waals surface area contributed by atoms with Gasteiger partial charge in [-0.15, -0.1) is 0 Å². The zero-order chi connectivity index (χ0) is 14.6. The van der Waals surface area contributed by atoms with Crippen LogP contribution in [0.3, 0.4) is 0 Å². The second-order valence-corrected chi connectivity index (χ2v) is 4.78. The van der Waals surface area contributed by atoms with Crippen molar-refractivity contribution in [3.05, 3.63) is 33.9 Å². The average Bonchev–Trinajstić information content (AvgIpc) is 2.26. The van der Waals surface area contributed by atoms with Crippen molar-refractivity contribution in [3.63, 3.8) is 0 Å². The summed E-state index contributed by atoms with van der Waals surface area (Å²) in [5, 5.41) is 32.0. The normalized spacial score (nSPS) is 11.1. The van der Waals surface area contributed by atoms with Gasteiger partial charge in [-0.1, -0.05) is 0 Å². The Hall–Kier alpha value is -2.15. The molecule has 19 heavy (non-hydrogen) atoms. The fourth-order valence-corrected chi connectivity index (χ4v) is 1.48. The number of carboxylic acid groups (broad SMARTS) is 1. The van der Waals surface area contributed by atoms with Crippen LogP contribution in [0.2, 0.25) is 0 Å². The van der Waals surface area contributed by atoms with Gasteiger partial charge in [0.25, 0.3) is 5.69 Å². The van der Waals surface area contributed by atoms with E-state index in [-0.39, 0.29) is 16.9 Å². The Balaban J connectivity index is 2.92. The molecule has 1 aromatic rings. The quantitative estimate of drug-likeness (QED) is 0.536. The molecule has 0 aliphatic carbocycles. The number of nitro benzene ring substituents is 1. The monoisotopic (exact) mass is 268 g/mol. The van der Waals surface area contributed by atoms with E-state index in [1.54, 1.807) is 13.8 Å². The van der Waals surface area contributed by atoms with E-state index >= 15 is 0 Å². The number of rotatable bonds is 6. The van der Waals surface area contributed by atoms with Gasteiger partial charge in [0.2, 0.25) is 0 Å². The summed E-state index contributed by atoms with van der Waals surface area (Å²) in [5.74, 6) is -1.17. The molecule has 0 bridgehead atoms. The lowest BCUT2D eigenvalue weighted by Crippen LogP contribution is -2.23. The topological polar surface area (TPSA) is 113 Å². The molecule has 1 rings (SSSR count). The number of nitrogens with zero attached hydrogens (tertiary/aromatic N) is 1. The number of nitrogens with one attached hydrogen (secondary N) is 1. The van der Waals surface area contributed by atoms with Crippen molar-refractivity contribution in [1.29, 1.82) is 0 Å². The highest BCUT2D eigenvalue weighted by Gasteiger charge is 2.16. The number of hydrogen-bond donors (Lipinski definition) is 3. The van der Waals surface area contributed by atoms with Crippen molar-refractivity contribution in [2.45, 2.75) is 25.9 Å². The minimum atomic E-state index is -1.17. The van der Waals surface area contributed by atoms with Crippen molar-refractivity contribution in [1.82, 2.24) is 0 Å². The number of aromatic carboxylic acids is 1. The number of carboxylic acids is 1. The van der Waals surface area contributed by atoms with Gasteiger partial charge in [0, 0.05) is 18.7 Å². The number of carbonyl (C=O) groups is 1. The smallest absolute Gasteiger partial charge is 0.337 e. The summed E-state index contributed by atoms with van der Waals surface area (Å²) < 4.78 is 0. The van der Waals surface area contributed by atoms with Crippen molar-refractivity contribution in [3.8, 4) is 0 Å². The predicted molar refractivity (Wildman–Crippen MR) is 69.5 cm³/mol. The molecule has 3 N–H and O–H groups in total. The zero-order valence-electron chi connectivity index (χ0n) is 10.7. The third-order valence-electron chi connectivity index (χ3n) is 2.50. The second kappa shape index (κ2) is 5.66. The summed E-state index contributed by atoms with van der Waals surface area (Å²) in [6.45, 7) is 3.56. The first-order valence-electron chi connectivity index (χ1n) is 5.69. The molecule has 104 valence electrons. The first-order chi connectivity index (χ1) is 8.70. The van der Waals surface area contributed by atoms with Gasteiger partial charge >= 0.3 is 5.97 Å². The fourth-order valence-electron chi connectivity index (χ4n) is 1.48. The lowest BCUT2D eigenvalue weighted by atomic mass is 10.1. The molecule has 0 radical (unpaired) electrons. The second-order valence-electron chi connectivity index (χ2n) is 4.78. The molecule has 0 spiro atoms. The maximum Gasteiger partial charge on any atom is 0.337 e. The van der Waals surface area contributed by atoms with E-state index in [9.17, 15) is 20.0 Å². The molecule has 7 nitrogen and oxygen atoms in total. The molecular formula is C12H16N2O5. The Morgan fingerprint density at radius 1 is 1.47 bits per heavy atom. The van der Waals surface area contributed by atoms with Crippen LogP contribution in [-0.4, -0.2) is 33.3 Å². The molecule has 0 unspecified atom stereocenters. The summed E-state index contributed by atoms with van der Waals surface area (Å²) in [5.41, 5.74) is -0.944. The van der Waals surface area contributed by atoms with E-state index in [4.69, 9.17) is 5.11 Å². The van der Waals surface area contributed by atoms with Gasteiger partial charge in [0.15, 0.2) is 0 Å². The molecule has 7 heteroatoms. The van der Waals surface area contributed by atoms with Crippen LogP contribution in [0.5, 0.6) is 0 Å². The Morgan fingerprint density at radius 3 is 2.58 bits per heavy atom. The molecular weight excluding hydrogens is 252 g/mol. The third-order valence-corrected chi connectivity index (χ3v) is 2.50. The molecule has 0 fully saturated rings. The Morgan fingerprint density at radius 2 is 2.11 bits per heavy atom. The van der Waals surface area contributed by atoms with Gasteiger partial charge < -0.3 is 15.5 Å². The Kier molecular flexibility index (Phi) is 4.44. The molecule has 0 saturated heterocycles. The number of benzene rings is 1. The van der Waals surface area contributed by atoms with Crippen LogP contribution in [-0.2, 0) is 0 Å². The van der Waals surface area contributed by atoms with Gasteiger partial charge in [0.1, 0.15) is 0 Å². The molecule has 0 atom stereocenters. The van der Waals surface area contributed by atoms with Crippen LogP contribution in [0.15, 0.2) is 18.2 Å². The molecule has 0 saturated carbocycles. The number of nitro groups is 1. The Labute approximate surface area is 110 Å². The van der Waals surface area contributed by atoms with Crippen molar-refractivity contribution in [2.24, 2.45) is 0 Å². The lowest BCUT2D eigenvalue weighted by Gasteiger charge is -2.18. The first-order valence-corrected chi connectivity index (χ1v) is 5.69. The van der Waals surface area contributed by atoms with Gasteiger partial charge in [0.05, 0.1) is 21.8 Å². The first kappa shape index (κ1) is 14.9. The summed E-state index contributed by atoms with van der Waals surface area (Å²) >= 11 is 0. The standard InChI is InChI=1S/C12H16N2O5/c1-12(2,17)5-6-13-10-7-8(14(18)19)3-4-9(10)11(15)16/h3-4,7,13,17H,5-6H2,1-2H3,(H,15,16). The fraction of sp³-hybridized carbons (Fsp3) is 0.417. The predicted octanol–water partition coefficient (Wildman–Crippen LogP) is 1.87. The van der Waals surface area contributed by atoms with Crippen LogP contribution in [0.25, 0.3) is 0 Å².